The molecule has 4 heteroatoms. The molecule has 0 unspecified atom stereocenters. The van der Waals surface area contributed by atoms with E-state index in [2.05, 4.69) is 33.0 Å². The number of amides is 1. The lowest BCUT2D eigenvalue weighted by molar-refractivity contribution is -0.122. The molecule has 1 N–H and O–H groups in total. The molecule has 0 fully saturated rings. The van der Waals surface area contributed by atoms with Crippen molar-refractivity contribution in [3.63, 3.8) is 0 Å². The summed E-state index contributed by atoms with van der Waals surface area (Å²) in [6.07, 6.45) is 5.01. The maximum absolute atomic E-state index is 11.5. The van der Waals surface area contributed by atoms with Gasteiger partial charge in [0.2, 0.25) is 5.91 Å². The number of carbonyl (C=O) groups excluding carboxylic acids is 1. The standard InChI is InChI=1S/C16H33NO3/c1-5-6-7-10-19-12-13-20-11-8-9-17-15(18)14-16(2,3)4/h5-14H2,1-4H3,(H,17,18). The first-order valence-electron chi connectivity index (χ1n) is 7.88. The summed E-state index contributed by atoms with van der Waals surface area (Å²) in [5, 5.41) is 2.91. The maximum Gasteiger partial charge on any atom is 0.220 e. The highest BCUT2D eigenvalue weighted by atomic mass is 16.5. The molecule has 0 rings (SSSR count). The lowest BCUT2D eigenvalue weighted by Gasteiger charge is -2.17. The van der Waals surface area contributed by atoms with E-state index >= 15 is 0 Å². The summed E-state index contributed by atoms with van der Waals surface area (Å²) in [4.78, 5) is 11.5. The molecule has 0 bridgehead atoms. The highest BCUT2D eigenvalue weighted by Gasteiger charge is 2.14. The Kier molecular flexibility index (Phi) is 11.8. The van der Waals surface area contributed by atoms with Crippen LogP contribution in [0.1, 0.15) is 59.8 Å². The smallest absolute Gasteiger partial charge is 0.220 e. The van der Waals surface area contributed by atoms with Crippen LogP contribution in [-0.4, -0.2) is 38.9 Å². The SMILES string of the molecule is CCCCCOCCOCCCNC(=O)CC(C)(C)C. The number of hydrogen-bond donors (Lipinski definition) is 1. The van der Waals surface area contributed by atoms with E-state index in [0.717, 1.165) is 19.4 Å². The van der Waals surface area contributed by atoms with E-state index in [9.17, 15) is 4.79 Å². The van der Waals surface area contributed by atoms with Crippen molar-refractivity contribution in [1.29, 1.82) is 0 Å². The monoisotopic (exact) mass is 287 g/mol. The van der Waals surface area contributed by atoms with Gasteiger partial charge in [0, 0.05) is 26.2 Å². The molecule has 0 heterocycles. The Morgan fingerprint density at radius 3 is 2.10 bits per heavy atom. The minimum atomic E-state index is 0.0513. The Bertz CT molecular complexity index is 236. The fourth-order valence-electron chi connectivity index (χ4n) is 1.72. The number of nitrogens with one attached hydrogen (secondary N) is 1. The molecule has 0 aliphatic carbocycles. The molecule has 0 saturated heterocycles. The van der Waals surface area contributed by atoms with Crippen LogP contribution < -0.4 is 5.32 Å². The third-order valence-electron chi connectivity index (χ3n) is 2.74. The fraction of sp³-hybridized carbons (Fsp3) is 0.938. The Morgan fingerprint density at radius 1 is 0.950 bits per heavy atom. The van der Waals surface area contributed by atoms with Crippen molar-refractivity contribution in [3.05, 3.63) is 0 Å². The van der Waals surface area contributed by atoms with Gasteiger partial charge in [0.1, 0.15) is 0 Å². The van der Waals surface area contributed by atoms with Gasteiger partial charge in [0.05, 0.1) is 13.2 Å². The van der Waals surface area contributed by atoms with E-state index in [1.54, 1.807) is 0 Å². The summed E-state index contributed by atoms with van der Waals surface area (Å²) in [5.41, 5.74) is 0.0513. The Morgan fingerprint density at radius 2 is 1.55 bits per heavy atom. The molecule has 120 valence electrons. The summed E-state index contributed by atoms with van der Waals surface area (Å²) in [7, 11) is 0. The number of carbonyl (C=O) groups is 1. The second-order valence-corrected chi connectivity index (χ2v) is 6.37. The molecule has 0 aliphatic heterocycles. The first-order chi connectivity index (χ1) is 9.45. The molecule has 0 saturated carbocycles. The predicted molar refractivity (Wildman–Crippen MR) is 82.9 cm³/mol. The van der Waals surface area contributed by atoms with E-state index in [4.69, 9.17) is 9.47 Å². The zero-order valence-corrected chi connectivity index (χ0v) is 13.8. The van der Waals surface area contributed by atoms with Crippen molar-refractivity contribution in [3.8, 4) is 0 Å². The van der Waals surface area contributed by atoms with E-state index in [0.29, 0.717) is 32.8 Å². The molecule has 0 aliphatic rings. The fourth-order valence-corrected chi connectivity index (χ4v) is 1.72. The van der Waals surface area contributed by atoms with Crippen LogP contribution in [0.4, 0.5) is 0 Å². The predicted octanol–water partition coefficient (Wildman–Crippen LogP) is 3.15. The van der Waals surface area contributed by atoms with Crippen LogP contribution in [0.25, 0.3) is 0 Å². The Balaban J connectivity index is 3.19. The van der Waals surface area contributed by atoms with E-state index in [1.807, 2.05) is 0 Å². The Hall–Kier alpha value is -0.610. The summed E-state index contributed by atoms with van der Waals surface area (Å²) in [6, 6.07) is 0. The highest BCUT2D eigenvalue weighted by molar-refractivity contribution is 5.76. The van der Waals surface area contributed by atoms with Gasteiger partial charge < -0.3 is 14.8 Å². The van der Waals surface area contributed by atoms with E-state index < -0.39 is 0 Å². The first-order valence-corrected chi connectivity index (χ1v) is 7.88. The number of ether oxygens (including phenoxy) is 2. The van der Waals surface area contributed by atoms with E-state index in [-0.39, 0.29) is 11.3 Å². The molecule has 20 heavy (non-hydrogen) atoms. The van der Waals surface area contributed by atoms with Crippen molar-refractivity contribution >= 4 is 5.91 Å². The average Bonchev–Trinajstić information content (AvgIpc) is 2.34. The van der Waals surface area contributed by atoms with Crippen molar-refractivity contribution in [1.82, 2.24) is 5.32 Å². The normalized spacial score (nSPS) is 11.6. The van der Waals surface area contributed by atoms with Crippen LogP contribution in [0, 0.1) is 5.41 Å². The zero-order chi connectivity index (χ0) is 15.3. The molecule has 4 nitrogen and oxygen atoms in total. The first kappa shape index (κ1) is 19.4. The summed E-state index contributed by atoms with van der Waals surface area (Å²) in [5.74, 6) is 0.122. The molecular weight excluding hydrogens is 254 g/mol. The van der Waals surface area contributed by atoms with Crippen LogP contribution in [0.2, 0.25) is 0 Å². The van der Waals surface area contributed by atoms with Gasteiger partial charge in [-0.3, -0.25) is 4.79 Å². The third-order valence-corrected chi connectivity index (χ3v) is 2.74. The minimum absolute atomic E-state index is 0.0513. The van der Waals surface area contributed by atoms with Gasteiger partial charge in [-0.15, -0.1) is 0 Å². The molecule has 0 aromatic rings. The molecule has 0 atom stereocenters. The maximum atomic E-state index is 11.5. The van der Waals surface area contributed by atoms with Crippen LogP contribution in [0.3, 0.4) is 0 Å². The molecule has 0 spiro atoms. The number of unbranched alkanes of at least 4 members (excludes halogenated alkanes) is 2. The molecule has 1 amide bonds. The topological polar surface area (TPSA) is 47.6 Å². The van der Waals surface area contributed by atoms with Gasteiger partial charge in [-0.1, -0.05) is 40.5 Å². The number of rotatable bonds is 12. The van der Waals surface area contributed by atoms with Crippen molar-refractivity contribution in [2.75, 3.05) is 33.0 Å². The minimum Gasteiger partial charge on any atom is -0.379 e. The van der Waals surface area contributed by atoms with Gasteiger partial charge in [0.25, 0.3) is 0 Å². The summed E-state index contributed by atoms with van der Waals surface area (Å²) < 4.78 is 10.9. The second kappa shape index (κ2) is 12.2. The van der Waals surface area contributed by atoms with E-state index in [1.165, 1.54) is 12.8 Å². The lowest BCUT2D eigenvalue weighted by atomic mass is 9.92. The van der Waals surface area contributed by atoms with Crippen LogP contribution in [0.5, 0.6) is 0 Å². The molecule has 0 aromatic carbocycles. The molecule has 0 aromatic heterocycles. The van der Waals surface area contributed by atoms with Gasteiger partial charge in [0.15, 0.2) is 0 Å². The second-order valence-electron chi connectivity index (χ2n) is 6.37. The zero-order valence-electron chi connectivity index (χ0n) is 13.8. The van der Waals surface area contributed by atoms with Crippen molar-refractivity contribution in [2.24, 2.45) is 5.41 Å². The van der Waals surface area contributed by atoms with Gasteiger partial charge in [-0.05, 0) is 18.3 Å². The van der Waals surface area contributed by atoms with Gasteiger partial charge >= 0.3 is 0 Å². The summed E-state index contributed by atoms with van der Waals surface area (Å²) in [6.45, 7) is 11.9. The highest BCUT2D eigenvalue weighted by Crippen LogP contribution is 2.17. The average molecular weight is 287 g/mol. The van der Waals surface area contributed by atoms with Gasteiger partial charge in [-0.2, -0.15) is 0 Å². The third kappa shape index (κ3) is 15.4. The van der Waals surface area contributed by atoms with Crippen LogP contribution in [-0.2, 0) is 14.3 Å². The molecule has 0 radical (unpaired) electrons. The van der Waals surface area contributed by atoms with Gasteiger partial charge in [-0.25, -0.2) is 0 Å². The van der Waals surface area contributed by atoms with Crippen LogP contribution >= 0.6 is 0 Å². The van der Waals surface area contributed by atoms with Crippen LogP contribution in [0.15, 0.2) is 0 Å². The Labute approximate surface area is 124 Å². The van der Waals surface area contributed by atoms with Crippen molar-refractivity contribution in [2.45, 2.75) is 59.8 Å². The number of hydrogen-bond acceptors (Lipinski definition) is 3. The largest absolute Gasteiger partial charge is 0.379 e. The summed E-state index contributed by atoms with van der Waals surface area (Å²) >= 11 is 0. The van der Waals surface area contributed by atoms with Crippen molar-refractivity contribution < 1.29 is 14.3 Å². The quantitative estimate of drug-likeness (QED) is 0.561. The molecular formula is C16H33NO3. The lowest BCUT2D eigenvalue weighted by Crippen LogP contribution is -2.28.